The lowest BCUT2D eigenvalue weighted by Crippen LogP contribution is -2.48. The van der Waals surface area contributed by atoms with Crippen LogP contribution >= 0.6 is 0 Å². The third-order valence-corrected chi connectivity index (χ3v) is 7.23. The first-order valence-corrected chi connectivity index (χ1v) is 12.9. The van der Waals surface area contributed by atoms with Gasteiger partial charge >= 0.3 is 5.97 Å². The Bertz CT molecular complexity index is 1260. The van der Waals surface area contributed by atoms with Gasteiger partial charge in [0.05, 0.1) is 29.5 Å². The molecule has 0 unspecified atom stereocenters. The van der Waals surface area contributed by atoms with Gasteiger partial charge in [-0.25, -0.2) is 9.78 Å². The van der Waals surface area contributed by atoms with Crippen LogP contribution in [0.4, 0.5) is 5.69 Å². The summed E-state index contributed by atoms with van der Waals surface area (Å²) in [4.78, 5) is 45.9. The maximum Gasteiger partial charge on any atom is 0.328 e. The van der Waals surface area contributed by atoms with Crippen LogP contribution in [-0.2, 0) is 9.53 Å². The summed E-state index contributed by atoms with van der Waals surface area (Å²) in [5, 5.41) is 2.93. The van der Waals surface area contributed by atoms with E-state index < -0.39 is 6.04 Å². The topological polar surface area (TPSA) is 93.5 Å². The van der Waals surface area contributed by atoms with Gasteiger partial charge < -0.3 is 19.5 Å². The van der Waals surface area contributed by atoms with Crippen molar-refractivity contribution in [2.75, 3.05) is 18.5 Å². The molecule has 5 rings (SSSR count). The van der Waals surface area contributed by atoms with Gasteiger partial charge in [-0.3, -0.25) is 9.59 Å². The summed E-state index contributed by atoms with van der Waals surface area (Å²) in [6, 6.07) is 12.2. The highest BCUT2D eigenvalue weighted by atomic mass is 16.5. The molecule has 0 spiro atoms. The molecule has 2 aromatic carbocycles. The number of piperidine rings is 1. The Morgan fingerprint density at radius 2 is 1.78 bits per heavy atom. The van der Waals surface area contributed by atoms with E-state index >= 15 is 0 Å². The molecule has 1 saturated heterocycles. The number of rotatable bonds is 6. The molecule has 1 aromatic heterocycles. The standard InChI is InChI=1S/C28H32N4O4/c1-2-36-28(35)24-14-8-9-15-31(24)27(34)22-16-20(30-26(33)19-10-4-3-5-11-19)17-23-25(22)32(18-29-23)21-12-6-7-13-21/h3-5,10-11,16-18,21,24H,2,6-9,12-15H2,1H3,(H,30,33)/t24-/m1/s1. The molecule has 2 aliphatic rings. The zero-order valence-electron chi connectivity index (χ0n) is 20.6. The molecular formula is C28H32N4O4. The SMILES string of the molecule is CCOC(=O)[C@H]1CCCCN1C(=O)c1cc(NC(=O)c2ccccc2)cc2ncn(C3CCCC3)c12. The molecule has 1 saturated carbocycles. The fourth-order valence-corrected chi connectivity index (χ4v) is 5.47. The van der Waals surface area contributed by atoms with Crippen molar-refractivity contribution in [3.8, 4) is 0 Å². The lowest BCUT2D eigenvalue weighted by atomic mass is 10.00. The van der Waals surface area contributed by atoms with Gasteiger partial charge in [0, 0.05) is 23.8 Å². The highest BCUT2D eigenvalue weighted by molar-refractivity contribution is 6.10. The van der Waals surface area contributed by atoms with E-state index in [-0.39, 0.29) is 30.4 Å². The van der Waals surface area contributed by atoms with E-state index in [2.05, 4.69) is 14.9 Å². The van der Waals surface area contributed by atoms with Gasteiger partial charge in [0.2, 0.25) is 0 Å². The third-order valence-electron chi connectivity index (χ3n) is 7.23. The van der Waals surface area contributed by atoms with E-state index in [4.69, 9.17) is 4.74 Å². The summed E-state index contributed by atoms with van der Waals surface area (Å²) in [6.45, 7) is 2.54. The quantitative estimate of drug-likeness (QED) is 0.495. The van der Waals surface area contributed by atoms with E-state index in [9.17, 15) is 14.4 Å². The van der Waals surface area contributed by atoms with Crippen molar-refractivity contribution >= 4 is 34.5 Å². The van der Waals surface area contributed by atoms with Crippen LogP contribution in [0.15, 0.2) is 48.8 Å². The molecule has 1 aliphatic carbocycles. The Morgan fingerprint density at radius 3 is 2.53 bits per heavy atom. The first-order valence-electron chi connectivity index (χ1n) is 12.9. The first kappa shape index (κ1) is 24.0. The van der Waals surface area contributed by atoms with Gasteiger partial charge in [0.1, 0.15) is 6.04 Å². The van der Waals surface area contributed by atoms with Crippen molar-refractivity contribution in [1.29, 1.82) is 0 Å². The monoisotopic (exact) mass is 488 g/mol. The Kier molecular flexibility index (Phi) is 7.02. The Balaban J connectivity index is 1.56. The van der Waals surface area contributed by atoms with Crippen molar-refractivity contribution in [1.82, 2.24) is 14.5 Å². The molecule has 3 aromatic rings. The van der Waals surface area contributed by atoms with Crippen molar-refractivity contribution in [3.05, 3.63) is 59.9 Å². The number of hydrogen-bond acceptors (Lipinski definition) is 5. The Hall–Kier alpha value is -3.68. The van der Waals surface area contributed by atoms with Crippen molar-refractivity contribution < 1.29 is 19.1 Å². The fraction of sp³-hybridized carbons (Fsp3) is 0.429. The fourth-order valence-electron chi connectivity index (χ4n) is 5.47. The minimum absolute atomic E-state index is 0.228. The molecule has 8 heteroatoms. The van der Waals surface area contributed by atoms with Gasteiger partial charge in [-0.05, 0) is 63.3 Å². The molecule has 36 heavy (non-hydrogen) atoms. The molecule has 8 nitrogen and oxygen atoms in total. The highest BCUT2D eigenvalue weighted by Gasteiger charge is 2.35. The number of likely N-dealkylation sites (tertiary alicyclic amines) is 1. The van der Waals surface area contributed by atoms with E-state index in [0.717, 1.165) is 44.0 Å². The summed E-state index contributed by atoms with van der Waals surface area (Å²) in [5.74, 6) is -0.848. The van der Waals surface area contributed by atoms with Crippen LogP contribution in [0, 0.1) is 0 Å². The number of anilines is 1. The van der Waals surface area contributed by atoms with Crippen molar-refractivity contribution in [3.63, 3.8) is 0 Å². The van der Waals surface area contributed by atoms with Crippen LogP contribution in [0.25, 0.3) is 11.0 Å². The van der Waals surface area contributed by atoms with E-state index in [1.165, 1.54) is 0 Å². The van der Waals surface area contributed by atoms with Gasteiger partial charge in [0.15, 0.2) is 0 Å². The summed E-state index contributed by atoms with van der Waals surface area (Å²) in [6.07, 6.45) is 8.47. The van der Waals surface area contributed by atoms with Crippen molar-refractivity contribution in [2.45, 2.75) is 64.0 Å². The molecule has 1 N–H and O–H groups in total. The number of benzene rings is 2. The largest absolute Gasteiger partial charge is 0.464 e. The lowest BCUT2D eigenvalue weighted by molar-refractivity contribution is -0.149. The number of carbonyl (C=O) groups excluding carboxylic acids is 3. The van der Waals surface area contributed by atoms with Gasteiger partial charge in [-0.1, -0.05) is 31.0 Å². The summed E-state index contributed by atoms with van der Waals surface area (Å²) < 4.78 is 7.41. The highest BCUT2D eigenvalue weighted by Crippen LogP contribution is 2.35. The first-order chi connectivity index (χ1) is 17.6. The Labute approximate surface area is 210 Å². The van der Waals surface area contributed by atoms with Crippen LogP contribution in [0.3, 0.4) is 0 Å². The number of carbonyl (C=O) groups is 3. The number of nitrogens with one attached hydrogen (secondary N) is 1. The maximum absolute atomic E-state index is 14.1. The second-order valence-electron chi connectivity index (χ2n) is 9.56. The molecular weight excluding hydrogens is 456 g/mol. The van der Waals surface area contributed by atoms with Crippen molar-refractivity contribution in [2.24, 2.45) is 0 Å². The van der Waals surface area contributed by atoms with E-state index in [1.54, 1.807) is 36.4 Å². The lowest BCUT2D eigenvalue weighted by Gasteiger charge is -2.34. The molecule has 2 amide bonds. The van der Waals surface area contributed by atoms with Crippen LogP contribution in [0.1, 0.15) is 78.6 Å². The number of ether oxygens (including phenoxy) is 1. The normalized spacial score (nSPS) is 18.4. The van der Waals surface area contributed by atoms with Crippen LogP contribution in [-0.4, -0.2) is 51.4 Å². The average Bonchev–Trinajstić information content (AvgIpc) is 3.58. The number of hydrogen-bond donors (Lipinski definition) is 1. The van der Waals surface area contributed by atoms with Crippen LogP contribution in [0.5, 0.6) is 0 Å². The Morgan fingerprint density at radius 1 is 1.03 bits per heavy atom. The van der Waals surface area contributed by atoms with E-state index in [1.807, 2.05) is 24.3 Å². The van der Waals surface area contributed by atoms with Crippen LogP contribution < -0.4 is 5.32 Å². The molecule has 2 heterocycles. The number of esters is 1. The average molecular weight is 489 g/mol. The van der Waals surface area contributed by atoms with Gasteiger partial charge in [-0.15, -0.1) is 0 Å². The number of nitrogens with zero attached hydrogens (tertiary/aromatic N) is 3. The second kappa shape index (κ2) is 10.5. The zero-order chi connectivity index (χ0) is 25.1. The molecule has 2 fully saturated rings. The smallest absolute Gasteiger partial charge is 0.328 e. The number of imidazole rings is 1. The summed E-state index contributed by atoms with van der Waals surface area (Å²) in [7, 11) is 0. The number of fused-ring (bicyclic) bond motifs is 1. The number of amides is 2. The minimum atomic E-state index is -0.605. The van der Waals surface area contributed by atoms with E-state index in [0.29, 0.717) is 35.3 Å². The minimum Gasteiger partial charge on any atom is -0.464 e. The molecule has 0 radical (unpaired) electrons. The maximum atomic E-state index is 14.1. The molecule has 0 bridgehead atoms. The van der Waals surface area contributed by atoms with Gasteiger partial charge in [-0.2, -0.15) is 0 Å². The third kappa shape index (κ3) is 4.72. The molecule has 188 valence electrons. The molecule has 1 atom stereocenters. The molecule has 1 aliphatic heterocycles. The predicted molar refractivity (Wildman–Crippen MR) is 137 cm³/mol. The zero-order valence-corrected chi connectivity index (χ0v) is 20.6. The predicted octanol–water partition coefficient (Wildman–Crippen LogP) is 4.96. The summed E-state index contributed by atoms with van der Waals surface area (Å²) in [5.41, 5.74) is 2.90. The van der Waals surface area contributed by atoms with Crippen LogP contribution in [0.2, 0.25) is 0 Å². The number of aromatic nitrogens is 2. The summed E-state index contributed by atoms with van der Waals surface area (Å²) >= 11 is 0. The van der Waals surface area contributed by atoms with Gasteiger partial charge in [0.25, 0.3) is 11.8 Å². The second-order valence-corrected chi connectivity index (χ2v) is 9.56.